The molecule has 5 rings (SSSR count). The summed E-state index contributed by atoms with van der Waals surface area (Å²) in [5.74, 6) is 0.289. The van der Waals surface area contributed by atoms with Gasteiger partial charge in [0.1, 0.15) is 0 Å². The highest BCUT2D eigenvalue weighted by atomic mass is 32.2. The average molecular weight is 664 g/mol. The van der Waals surface area contributed by atoms with Crippen LogP contribution in [-0.4, -0.2) is 41.0 Å². The van der Waals surface area contributed by atoms with Gasteiger partial charge in [-0.2, -0.15) is 0 Å². The van der Waals surface area contributed by atoms with Gasteiger partial charge >= 0.3 is 0 Å². The number of hydrogen-bond donors (Lipinski definition) is 2. The Morgan fingerprint density at radius 2 is 1.33 bits per heavy atom. The van der Waals surface area contributed by atoms with Gasteiger partial charge in [-0.15, -0.1) is 0 Å². The van der Waals surface area contributed by atoms with Crippen LogP contribution in [0.3, 0.4) is 0 Å². The fraction of sp³-hybridized carbons (Fsp3) is 0.158. The number of para-hydroxylation sites is 2. The van der Waals surface area contributed by atoms with Crippen molar-refractivity contribution in [2.24, 2.45) is 0 Å². The first-order valence-electron chi connectivity index (χ1n) is 15.3. The quantitative estimate of drug-likeness (QED) is 0.146. The number of ether oxygens (including phenoxy) is 2. The number of methoxy groups -OCH3 is 2. The minimum absolute atomic E-state index is 0.000403. The van der Waals surface area contributed by atoms with Gasteiger partial charge in [0.2, 0.25) is 0 Å². The van der Waals surface area contributed by atoms with E-state index in [9.17, 15) is 18.0 Å². The van der Waals surface area contributed by atoms with E-state index in [1.54, 1.807) is 87.0 Å². The monoisotopic (exact) mass is 663 g/mol. The Kier molecular flexibility index (Phi) is 10.8. The number of hydrogen-bond acceptors (Lipinski definition) is 6. The Balaban J connectivity index is 1.39. The van der Waals surface area contributed by atoms with Crippen LogP contribution in [-0.2, 0) is 23.0 Å². The molecule has 0 atom stereocenters. The number of carbonyl (C=O) groups excluding carboxylic acids is 2. The lowest BCUT2D eigenvalue weighted by molar-refractivity contribution is 0.0955. The van der Waals surface area contributed by atoms with Gasteiger partial charge in [-0.1, -0.05) is 78.4 Å². The zero-order chi connectivity index (χ0) is 34.1. The second-order valence-electron chi connectivity index (χ2n) is 11.0. The fourth-order valence-corrected chi connectivity index (χ4v) is 6.67. The number of nitrogens with zero attached hydrogens (tertiary/aromatic N) is 1. The third-order valence-electron chi connectivity index (χ3n) is 7.76. The first kappa shape index (κ1) is 33.7. The molecule has 0 saturated carbocycles. The van der Waals surface area contributed by atoms with Crippen molar-refractivity contribution in [1.82, 2.24) is 5.32 Å². The maximum absolute atomic E-state index is 14.1. The van der Waals surface area contributed by atoms with Crippen LogP contribution in [0, 0.1) is 6.92 Å². The van der Waals surface area contributed by atoms with Crippen LogP contribution in [0.5, 0.6) is 11.5 Å². The van der Waals surface area contributed by atoms with Crippen molar-refractivity contribution >= 4 is 33.2 Å². The van der Waals surface area contributed by atoms with E-state index in [1.807, 2.05) is 55.5 Å². The summed E-state index contributed by atoms with van der Waals surface area (Å²) in [7, 11) is -0.951. The van der Waals surface area contributed by atoms with E-state index in [1.165, 1.54) is 4.31 Å². The van der Waals surface area contributed by atoms with E-state index in [0.717, 1.165) is 16.7 Å². The van der Waals surface area contributed by atoms with Crippen LogP contribution in [0.2, 0.25) is 0 Å². The summed E-state index contributed by atoms with van der Waals surface area (Å²) in [5.41, 5.74) is 3.52. The van der Waals surface area contributed by atoms with Gasteiger partial charge in [-0.3, -0.25) is 13.9 Å². The van der Waals surface area contributed by atoms with Crippen LogP contribution in [0.15, 0.2) is 126 Å². The molecule has 0 spiro atoms. The molecule has 0 saturated heterocycles. The zero-order valence-corrected chi connectivity index (χ0v) is 27.8. The summed E-state index contributed by atoms with van der Waals surface area (Å²) in [6, 6.07) is 34.6. The Labute approximate surface area is 281 Å². The fourth-order valence-electron chi connectivity index (χ4n) is 5.20. The Morgan fingerprint density at radius 1 is 0.688 bits per heavy atom. The third kappa shape index (κ3) is 7.84. The van der Waals surface area contributed by atoms with Crippen molar-refractivity contribution in [3.63, 3.8) is 0 Å². The molecule has 0 bridgehead atoms. The van der Waals surface area contributed by atoms with E-state index in [2.05, 4.69) is 10.6 Å². The van der Waals surface area contributed by atoms with Crippen LogP contribution < -0.4 is 24.4 Å². The van der Waals surface area contributed by atoms with Gasteiger partial charge in [0, 0.05) is 6.54 Å². The smallest absolute Gasteiger partial charge is 0.264 e. The van der Waals surface area contributed by atoms with Crippen molar-refractivity contribution < 1.29 is 27.5 Å². The predicted molar refractivity (Wildman–Crippen MR) is 187 cm³/mol. The number of anilines is 2. The number of amides is 2. The highest BCUT2D eigenvalue weighted by Crippen LogP contribution is 2.31. The van der Waals surface area contributed by atoms with Crippen molar-refractivity contribution in [2.75, 3.05) is 30.4 Å². The van der Waals surface area contributed by atoms with Crippen molar-refractivity contribution in [2.45, 2.75) is 24.8 Å². The SMILES string of the molecule is COc1ccc(CCNC(=O)c2ccccc2NC(=O)c2ccccc2N(Cc2ccccc2)S(=O)(=O)c2ccc(C)cc2)cc1OC. The van der Waals surface area contributed by atoms with E-state index in [-0.39, 0.29) is 39.8 Å². The predicted octanol–water partition coefficient (Wildman–Crippen LogP) is 6.63. The highest BCUT2D eigenvalue weighted by Gasteiger charge is 2.29. The number of aryl methyl sites for hydroxylation is 1. The Bertz CT molecular complexity index is 2000. The topological polar surface area (TPSA) is 114 Å². The normalized spacial score (nSPS) is 11.0. The number of rotatable bonds is 13. The largest absolute Gasteiger partial charge is 0.493 e. The summed E-state index contributed by atoms with van der Waals surface area (Å²) >= 11 is 0. The summed E-state index contributed by atoms with van der Waals surface area (Å²) in [4.78, 5) is 27.3. The van der Waals surface area contributed by atoms with Crippen LogP contribution in [0.4, 0.5) is 11.4 Å². The molecule has 0 aliphatic carbocycles. The average Bonchev–Trinajstić information content (AvgIpc) is 3.11. The summed E-state index contributed by atoms with van der Waals surface area (Å²) in [5, 5.41) is 5.77. The first-order chi connectivity index (χ1) is 23.2. The molecule has 9 nitrogen and oxygen atoms in total. The minimum atomic E-state index is -4.09. The van der Waals surface area contributed by atoms with Crippen molar-refractivity contribution in [3.05, 3.63) is 149 Å². The Hall–Kier alpha value is -5.61. The summed E-state index contributed by atoms with van der Waals surface area (Å²) < 4.78 is 40.2. The molecule has 0 aliphatic rings. The standard InChI is InChI=1S/C38H37N3O6S/c1-27-17-20-30(21-18-27)48(44,45)41(26-29-11-5-4-6-12-29)34-16-10-8-14-32(34)38(43)40-33-15-9-7-13-31(33)37(42)39-24-23-28-19-22-35(46-2)36(25-28)47-3/h4-22,25H,23-24,26H2,1-3H3,(H,39,42)(H,40,43). The van der Waals surface area contributed by atoms with E-state index >= 15 is 0 Å². The molecule has 5 aromatic rings. The molecule has 0 aromatic heterocycles. The molecule has 0 unspecified atom stereocenters. The molecule has 10 heteroatoms. The molecule has 0 radical (unpaired) electrons. The molecular formula is C38H37N3O6S. The minimum Gasteiger partial charge on any atom is -0.493 e. The van der Waals surface area contributed by atoms with E-state index in [0.29, 0.717) is 24.5 Å². The number of sulfonamides is 1. The molecule has 48 heavy (non-hydrogen) atoms. The van der Waals surface area contributed by atoms with Gasteiger partial charge < -0.3 is 20.1 Å². The molecule has 0 aliphatic heterocycles. The van der Waals surface area contributed by atoms with Crippen LogP contribution in [0.25, 0.3) is 0 Å². The maximum atomic E-state index is 14.1. The Morgan fingerprint density at radius 3 is 2.04 bits per heavy atom. The van der Waals surface area contributed by atoms with Gasteiger partial charge in [0.25, 0.3) is 21.8 Å². The molecule has 5 aromatic carbocycles. The summed E-state index contributed by atoms with van der Waals surface area (Å²) in [6.07, 6.45) is 0.542. The number of nitrogens with one attached hydrogen (secondary N) is 2. The van der Waals surface area contributed by atoms with E-state index < -0.39 is 15.9 Å². The van der Waals surface area contributed by atoms with E-state index in [4.69, 9.17) is 9.47 Å². The molecule has 0 fully saturated rings. The second-order valence-corrected chi connectivity index (χ2v) is 12.9. The lowest BCUT2D eigenvalue weighted by Crippen LogP contribution is -2.32. The van der Waals surface area contributed by atoms with Gasteiger partial charge in [-0.05, 0) is 73.0 Å². The maximum Gasteiger partial charge on any atom is 0.264 e. The van der Waals surface area contributed by atoms with Crippen LogP contribution in [0.1, 0.15) is 37.4 Å². The third-order valence-corrected chi connectivity index (χ3v) is 9.54. The zero-order valence-electron chi connectivity index (χ0n) is 27.0. The second kappa shape index (κ2) is 15.3. The number of carbonyl (C=O) groups is 2. The number of benzene rings is 5. The molecule has 2 amide bonds. The highest BCUT2D eigenvalue weighted by molar-refractivity contribution is 7.92. The molecule has 2 N–H and O–H groups in total. The lowest BCUT2D eigenvalue weighted by Gasteiger charge is -2.27. The van der Waals surface area contributed by atoms with Gasteiger partial charge in [-0.25, -0.2) is 8.42 Å². The van der Waals surface area contributed by atoms with Crippen molar-refractivity contribution in [3.8, 4) is 11.5 Å². The van der Waals surface area contributed by atoms with Crippen molar-refractivity contribution in [1.29, 1.82) is 0 Å². The van der Waals surface area contributed by atoms with Crippen LogP contribution >= 0.6 is 0 Å². The molecule has 246 valence electrons. The van der Waals surface area contributed by atoms with Gasteiger partial charge in [0.15, 0.2) is 11.5 Å². The molecular weight excluding hydrogens is 627 g/mol. The van der Waals surface area contributed by atoms with Gasteiger partial charge in [0.05, 0.1) is 48.2 Å². The lowest BCUT2D eigenvalue weighted by atomic mass is 10.1. The molecule has 0 heterocycles. The summed E-state index contributed by atoms with van der Waals surface area (Å²) in [6.45, 7) is 2.22. The first-order valence-corrected chi connectivity index (χ1v) is 16.8.